The fourth-order valence-electron chi connectivity index (χ4n) is 0.985. The van der Waals surface area contributed by atoms with Crippen molar-refractivity contribution in [1.82, 2.24) is 4.98 Å². The summed E-state index contributed by atoms with van der Waals surface area (Å²) in [5, 5.41) is 14.9. The Hall–Kier alpha value is -1.20. The number of thiazole rings is 1. The Kier molecular flexibility index (Phi) is 2.12. The minimum Gasteiger partial charge on any atom is -0.478 e. The van der Waals surface area contributed by atoms with Crippen LogP contribution in [0, 0.1) is 0 Å². The minimum atomic E-state index is -0.897. The van der Waals surface area contributed by atoms with Crippen molar-refractivity contribution in [2.75, 3.05) is 0 Å². The Morgan fingerprint density at radius 2 is 2.31 bits per heavy atom. The monoisotopic (exact) mass is 211 g/mol. The van der Waals surface area contributed by atoms with Gasteiger partial charge in [-0.05, 0) is 0 Å². The summed E-state index contributed by atoms with van der Waals surface area (Å²) in [6.07, 6.45) is 1.67. The first-order valence-corrected chi connectivity index (χ1v) is 5.30. The number of hydrogen-bond donors (Lipinski definition) is 1. The highest BCUT2D eigenvalue weighted by atomic mass is 32.1. The number of aromatic nitrogens is 1. The van der Waals surface area contributed by atoms with Crippen LogP contribution in [0.15, 0.2) is 22.3 Å². The Balaban J connectivity index is 2.52. The van der Waals surface area contributed by atoms with E-state index in [0.717, 1.165) is 5.01 Å². The molecular weight excluding hydrogens is 206 g/mol. The molecule has 66 valence electrons. The third-order valence-corrected chi connectivity index (χ3v) is 3.11. The van der Waals surface area contributed by atoms with Crippen molar-refractivity contribution in [2.45, 2.75) is 0 Å². The first kappa shape index (κ1) is 8.40. The van der Waals surface area contributed by atoms with Gasteiger partial charge in [0.2, 0.25) is 0 Å². The van der Waals surface area contributed by atoms with Gasteiger partial charge in [0.1, 0.15) is 5.01 Å². The topological polar surface area (TPSA) is 50.2 Å². The van der Waals surface area contributed by atoms with Crippen molar-refractivity contribution < 1.29 is 9.90 Å². The Morgan fingerprint density at radius 1 is 1.46 bits per heavy atom. The molecule has 13 heavy (non-hydrogen) atoms. The van der Waals surface area contributed by atoms with Gasteiger partial charge in [-0.3, -0.25) is 0 Å². The van der Waals surface area contributed by atoms with Crippen LogP contribution in [0.3, 0.4) is 0 Å². The molecule has 0 unspecified atom stereocenters. The number of aromatic carboxylic acids is 1. The van der Waals surface area contributed by atoms with Crippen LogP contribution in [0.25, 0.3) is 10.6 Å². The van der Waals surface area contributed by atoms with Crippen molar-refractivity contribution >= 4 is 28.6 Å². The molecule has 5 heteroatoms. The molecule has 0 saturated heterocycles. The second-order valence-corrected chi connectivity index (χ2v) is 3.98. The van der Waals surface area contributed by atoms with Crippen molar-refractivity contribution in [3.8, 4) is 10.6 Å². The maximum atomic E-state index is 10.8. The molecule has 2 heterocycles. The summed E-state index contributed by atoms with van der Waals surface area (Å²) in [7, 11) is 0. The van der Waals surface area contributed by atoms with E-state index in [9.17, 15) is 4.79 Å². The van der Waals surface area contributed by atoms with Gasteiger partial charge in [0.25, 0.3) is 0 Å². The third kappa shape index (κ3) is 1.48. The summed E-state index contributed by atoms with van der Waals surface area (Å²) in [6, 6.07) is 0. The molecule has 2 aromatic heterocycles. The molecule has 0 aliphatic heterocycles. The van der Waals surface area contributed by atoms with E-state index in [1.807, 2.05) is 10.8 Å². The van der Waals surface area contributed by atoms with Crippen molar-refractivity contribution in [3.05, 3.63) is 27.9 Å². The van der Waals surface area contributed by atoms with Gasteiger partial charge >= 0.3 is 5.97 Å². The maximum absolute atomic E-state index is 10.8. The molecule has 1 N–H and O–H groups in total. The highest BCUT2D eigenvalue weighted by Crippen LogP contribution is 2.28. The average molecular weight is 211 g/mol. The molecule has 0 amide bonds. The van der Waals surface area contributed by atoms with E-state index >= 15 is 0 Å². The molecule has 2 rings (SSSR count). The summed E-state index contributed by atoms with van der Waals surface area (Å²) < 4.78 is 0. The van der Waals surface area contributed by atoms with Gasteiger partial charge in [-0.15, -0.1) is 11.3 Å². The standard InChI is InChI=1S/C8H5NO2S2/c10-8(11)6-4-12-3-5(6)7-9-1-2-13-7/h1-4H,(H,10,11). The number of carboxylic acids is 1. The molecular formula is C8H5NO2S2. The van der Waals surface area contributed by atoms with Crippen LogP contribution < -0.4 is 0 Å². The van der Waals surface area contributed by atoms with Gasteiger partial charge in [0.15, 0.2) is 0 Å². The number of rotatable bonds is 2. The van der Waals surface area contributed by atoms with E-state index in [1.54, 1.807) is 11.6 Å². The molecule has 0 aliphatic rings. The van der Waals surface area contributed by atoms with Crippen LogP contribution in [0.1, 0.15) is 10.4 Å². The number of hydrogen-bond acceptors (Lipinski definition) is 4. The lowest BCUT2D eigenvalue weighted by Crippen LogP contribution is -1.95. The van der Waals surface area contributed by atoms with Crippen molar-refractivity contribution in [2.24, 2.45) is 0 Å². The summed E-state index contributed by atoms with van der Waals surface area (Å²) in [5.41, 5.74) is 1.05. The van der Waals surface area contributed by atoms with Gasteiger partial charge in [-0.25, -0.2) is 9.78 Å². The molecule has 0 aromatic carbocycles. The van der Waals surface area contributed by atoms with E-state index in [2.05, 4.69) is 4.98 Å². The summed E-state index contributed by atoms with van der Waals surface area (Å²) >= 11 is 2.82. The van der Waals surface area contributed by atoms with Gasteiger partial charge in [-0.2, -0.15) is 11.3 Å². The molecule has 2 aromatic rings. The zero-order chi connectivity index (χ0) is 9.26. The average Bonchev–Trinajstić information content (AvgIpc) is 2.74. The summed E-state index contributed by atoms with van der Waals surface area (Å²) in [5.74, 6) is -0.897. The second-order valence-electron chi connectivity index (χ2n) is 2.34. The van der Waals surface area contributed by atoms with Crippen LogP contribution in [0.2, 0.25) is 0 Å². The lowest BCUT2D eigenvalue weighted by molar-refractivity contribution is 0.0698. The third-order valence-electron chi connectivity index (χ3n) is 1.56. The highest BCUT2D eigenvalue weighted by Gasteiger charge is 2.13. The smallest absolute Gasteiger partial charge is 0.337 e. The largest absolute Gasteiger partial charge is 0.478 e. The highest BCUT2D eigenvalue weighted by molar-refractivity contribution is 7.14. The number of thiophene rings is 1. The molecule has 0 saturated carbocycles. The molecule has 0 radical (unpaired) electrons. The normalized spacial score (nSPS) is 10.2. The fourth-order valence-corrected chi connectivity index (χ4v) is 2.53. The molecule has 0 fully saturated rings. The van der Waals surface area contributed by atoms with Crippen LogP contribution >= 0.6 is 22.7 Å². The number of carbonyl (C=O) groups is 1. The van der Waals surface area contributed by atoms with Crippen molar-refractivity contribution in [1.29, 1.82) is 0 Å². The van der Waals surface area contributed by atoms with E-state index < -0.39 is 5.97 Å². The van der Waals surface area contributed by atoms with Crippen LogP contribution in [-0.4, -0.2) is 16.1 Å². The SMILES string of the molecule is O=C(O)c1cscc1-c1nccs1. The Labute approximate surface area is 82.3 Å². The Morgan fingerprint density at radius 3 is 2.92 bits per heavy atom. The van der Waals surface area contributed by atoms with E-state index in [-0.39, 0.29) is 0 Å². The Bertz CT molecular complexity index is 419. The molecule has 0 atom stereocenters. The van der Waals surface area contributed by atoms with Gasteiger partial charge < -0.3 is 5.11 Å². The molecule has 0 spiro atoms. The maximum Gasteiger partial charge on any atom is 0.337 e. The zero-order valence-electron chi connectivity index (χ0n) is 6.43. The van der Waals surface area contributed by atoms with E-state index in [4.69, 9.17) is 5.11 Å². The van der Waals surface area contributed by atoms with Gasteiger partial charge in [-0.1, -0.05) is 0 Å². The van der Waals surface area contributed by atoms with Crippen LogP contribution in [-0.2, 0) is 0 Å². The predicted octanol–water partition coefficient (Wildman–Crippen LogP) is 2.57. The van der Waals surface area contributed by atoms with Crippen LogP contribution in [0.4, 0.5) is 0 Å². The molecule has 0 bridgehead atoms. The first-order valence-electron chi connectivity index (χ1n) is 3.48. The fraction of sp³-hybridized carbons (Fsp3) is 0. The minimum absolute atomic E-state index is 0.333. The number of carboxylic acid groups (broad SMARTS) is 1. The lowest BCUT2D eigenvalue weighted by Gasteiger charge is -1.93. The molecule has 3 nitrogen and oxygen atoms in total. The van der Waals surface area contributed by atoms with Crippen molar-refractivity contribution in [3.63, 3.8) is 0 Å². The lowest BCUT2D eigenvalue weighted by atomic mass is 10.2. The summed E-state index contributed by atoms with van der Waals surface area (Å²) in [4.78, 5) is 14.8. The first-order chi connectivity index (χ1) is 6.29. The van der Waals surface area contributed by atoms with E-state index in [0.29, 0.717) is 11.1 Å². The van der Waals surface area contributed by atoms with E-state index in [1.165, 1.54) is 22.7 Å². The van der Waals surface area contributed by atoms with Gasteiger partial charge in [0, 0.05) is 27.9 Å². The predicted molar refractivity (Wildman–Crippen MR) is 52.4 cm³/mol. The van der Waals surface area contributed by atoms with Gasteiger partial charge in [0.05, 0.1) is 5.56 Å². The summed E-state index contributed by atoms with van der Waals surface area (Å²) in [6.45, 7) is 0. The number of nitrogens with zero attached hydrogens (tertiary/aromatic N) is 1. The quantitative estimate of drug-likeness (QED) is 0.830. The molecule has 0 aliphatic carbocycles. The second kappa shape index (κ2) is 3.27. The zero-order valence-corrected chi connectivity index (χ0v) is 8.06. The van der Waals surface area contributed by atoms with Crippen LogP contribution in [0.5, 0.6) is 0 Å².